The molecule has 0 bridgehead atoms. The minimum Gasteiger partial charge on any atom is -0.395 e. The van der Waals surface area contributed by atoms with Crippen LogP contribution < -0.4 is 16.0 Å². The number of benzene rings is 1. The minimum atomic E-state index is -0.393. The standard InChI is InChI=1S/C21H23BrFIN6O3/c22-16-11-14(1-3-17(16)23)27-20(29-24)19(32)13-5-8-30(9-6-13)21(33)28-15-2-4-18(26-12-15)25-7-10-31/h1-4,11-13,31H,5-10H2,(H,25,26)(H,27,29)(H,28,33). The summed E-state index contributed by atoms with van der Waals surface area (Å²) < 4.78 is 17.8. The van der Waals surface area contributed by atoms with Crippen molar-refractivity contribution in [2.75, 3.05) is 42.2 Å². The summed E-state index contributed by atoms with van der Waals surface area (Å²) in [5.41, 5.74) is 1.11. The highest BCUT2D eigenvalue weighted by Crippen LogP contribution is 2.23. The molecular weight excluding hydrogens is 610 g/mol. The summed E-state index contributed by atoms with van der Waals surface area (Å²) >= 11 is 4.89. The molecule has 1 aliphatic rings. The maximum atomic E-state index is 13.4. The average Bonchev–Trinajstić information content (AvgIpc) is 2.84. The van der Waals surface area contributed by atoms with Crippen molar-refractivity contribution in [2.45, 2.75) is 12.8 Å². The predicted octanol–water partition coefficient (Wildman–Crippen LogP) is 4.06. The number of aromatic nitrogens is 1. The minimum absolute atomic E-state index is 0.00386. The number of nitrogens with zero attached hydrogens (tertiary/aromatic N) is 3. The third kappa shape index (κ3) is 7.08. The second-order valence-electron chi connectivity index (χ2n) is 7.33. The van der Waals surface area contributed by atoms with Crippen molar-refractivity contribution in [3.05, 3.63) is 46.8 Å². The van der Waals surface area contributed by atoms with Gasteiger partial charge in [0.1, 0.15) is 11.6 Å². The number of piperidine rings is 1. The summed E-state index contributed by atoms with van der Waals surface area (Å²) in [5, 5.41) is 17.5. The molecule has 0 spiro atoms. The molecule has 2 amide bonds. The van der Waals surface area contributed by atoms with E-state index in [2.05, 4.69) is 40.1 Å². The lowest BCUT2D eigenvalue weighted by Gasteiger charge is -2.31. The first-order chi connectivity index (χ1) is 15.9. The molecule has 0 atom stereocenters. The Labute approximate surface area is 212 Å². The monoisotopic (exact) mass is 632 g/mol. The van der Waals surface area contributed by atoms with E-state index in [1.165, 1.54) is 18.3 Å². The second kappa shape index (κ2) is 12.2. The van der Waals surface area contributed by atoms with Crippen LogP contribution in [-0.4, -0.2) is 58.9 Å². The molecule has 9 nitrogen and oxygen atoms in total. The number of hydrogen-bond acceptors (Lipinski definition) is 6. The number of ketones is 1. The molecule has 1 saturated heterocycles. The van der Waals surface area contributed by atoms with Gasteiger partial charge in [-0.15, -0.1) is 0 Å². The molecule has 1 fully saturated rings. The summed E-state index contributed by atoms with van der Waals surface area (Å²) in [4.78, 5) is 31.3. The van der Waals surface area contributed by atoms with E-state index in [-0.39, 0.29) is 30.2 Å². The SMILES string of the molecule is O=C(C(=NI)Nc1ccc(F)c(Br)c1)C1CCN(C(=O)Nc2ccc(NCCO)nc2)CC1. The van der Waals surface area contributed by atoms with E-state index in [4.69, 9.17) is 5.11 Å². The van der Waals surface area contributed by atoms with E-state index in [9.17, 15) is 14.0 Å². The van der Waals surface area contributed by atoms with Crippen molar-refractivity contribution in [2.24, 2.45) is 9.12 Å². The number of aliphatic hydroxyl groups is 1. The van der Waals surface area contributed by atoms with Gasteiger partial charge < -0.3 is 26.0 Å². The van der Waals surface area contributed by atoms with Crippen LogP contribution in [0.25, 0.3) is 0 Å². The summed E-state index contributed by atoms with van der Waals surface area (Å²) in [5.74, 6) is 0.00171. The number of aliphatic hydroxyl groups excluding tert-OH is 1. The van der Waals surface area contributed by atoms with Gasteiger partial charge in [-0.2, -0.15) is 3.21 Å². The van der Waals surface area contributed by atoms with E-state index in [0.717, 1.165) is 0 Å². The molecule has 4 N–H and O–H groups in total. The Kier molecular flexibility index (Phi) is 9.38. The fraction of sp³-hybridized carbons (Fsp3) is 0.333. The number of carbonyl (C=O) groups is 2. The first-order valence-electron chi connectivity index (χ1n) is 10.2. The number of Topliss-reactive ketones (excluding diaryl/α,β-unsaturated/α-hetero) is 1. The predicted molar refractivity (Wildman–Crippen MR) is 137 cm³/mol. The van der Waals surface area contributed by atoms with Crippen LogP contribution in [0.3, 0.4) is 0 Å². The van der Waals surface area contributed by atoms with Crippen LogP contribution in [-0.2, 0) is 4.79 Å². The van der Waals surface area contributed by atoms with E-state index >= 15 is 0 Å². The zero-order chi connectivity index (χ0) is 23.8. The number of hydrogen-bond donors (Lipinski definition) is 4. The van der Waals surface area contributed by atoms with Crippen molar-refractivity contribution < 1.29 is 19.1 Å². The van der Waals surface area contributed by atoms with Crippen molar-refractivity contribution >= 4 is 73.6 Å². The molecule has 33 heavy (non-hydrogen) atoms. The van der Waals surface area contributed by atoms with Crippen LogP contribution in [0.2, 0.25) is 0 Å². The van der Waals surface area contributed by atoms with Crippen molar-refractivity contribution in [1.29, 1.82) is 0 Å². The summed E-state index contributed by atoms with van der Waals surface area (Å²) in [6, 6.07) is 7.56. The molecule has 12 heteroatoms. The molecule has 1 aliphatic heterocycles. The molecule has 0 radical (unpaired) electrons. The molecular formula is C21H23BrFIN6O3. The van der Waals surface area contributed by atoms with Gasteiger partial charge in [-0.25, -0.2) is 14.2 Å². The van der Waals surface area contributed by atoms with Gasteiger partial charge in [-0.3, -0.25) is 4.79 Å². The smallest absolute Gasteiger partial charge is 0.321 e. The van der Waals surface area contributed by atoms with Crippen LogP contribution in [0, 0.1) is 11.7 Å². The van der Waals surface area contributed by atoms with Gasteiger partial charge in [0.05, 0.1) is 45.8 Å². The summed E-state index contributed by atoms with van der Waals surface area (Å²) in [6.07, 6.45) is 2.56. The lowest BCUT2D eigenvalue weighted by atomic mass is 9.92. The third-order valence-electron chi connectivity index (χ3n) is 5.09. The first kappa shape index (κ1) is 25.3. The van der Waals surface area contributed by atoms with E-state index in [1.807, 2.05) is 0 Å². The van der Waals surface area contributed by atoms with Crippen LogP contribution in [0.5, 0.6) is 0 Å². The summed E-state index contributed by atoms with van der Waals surface area (Å²) in [7, 11) is 0. The number of urea groups is 1. The normalized spacial score (nSPS) is 14.7. The number of pyridine rings is 1. The number of halogens is 3. The molecule has 2 heterocycles. The highest BCUT2D eigenvalue weighted by atomic mass is 127. The lowest BCUT2D eigenvalue weighted by Crippen LogP contribution is -2.44. The number of carbonyl (C=O) groups excluding carboxylic acids is 2. The number of likely N-dealkylation sites (tertiary alicyclic amines) is 1. The Hall–Kier alpha value is -2.32. The zero-order valence-electron chi connectivity index (χ0n) is 17.5. The maximum Gasteiger partial charge on any atom is 0.321 e. The first-order valence-corrected chi connectivity index (χ1v) is 12.0. The molecule has 1 aromatic heterocycles. The Morgan fingerprint density at radius 2 is 1.94 bits per heavy atom. The lowest BCUT2D eigenvalue weighted by molar-refractivity contribution is -0.117. The van der Waals surface area contributed by atoms with Gasteiger partial charge in [0.25, 0.3) is 0 Å². The van der Waals surface area contributed by atoms with Gasteiger partial charge in [-0.1, -0.05) is 0 Å². The average molecular weight is 633 g/mol. The fourth-order valence-corrected chi connectivity index (χ4v) is 4.07. The van der Waals surface area contributed by atoms with Gasteiger partial charge >= 0.3 is 6.03 Å². The quantitative estimate of drug-likeness (QED) is 0.208. The number of amidine groups is 1. The molecule has 0 saturated carbocycles. The van der Waals surface area contributed by atoms with E-state index < -0.39 is 5.82 Å². The molecule has 3 rings (SSSR count). The van der Waals surface area contributed by atoms with Crippen LogP contribution in [0.4, 0.5) is 26.4 Å². The molecule has 0 aliphatic carbocycles. The Morgan fingerprint density at radius 1 is 1.21 bits per heavy atom. The highest BCUT2D eigenvalue weighted by Gasteiger charge is 2.30. The Balaban J connectivity index is 1.51. The number of amides is 2. The van der Waals surface area contributed by atoms with Crippen molar-refractivity contribution in [3.63, 3.8) is 0 Å². The van der Waals surface area contributed by atoms with Crippen LogP contribution in [0.1, 0.15) is 12.8 Å². The fourth-order valence-electron chi connectivity index (χ4n) is 3.33. The van der Waals surface area contributed by atoms with Crippen molar-refractivity contribution in [3.8, 4) is 0 Å². The van der Waals surface area contributed by atoms with Crippen molar-refractivity contribution in [1.82, 2.24) is 9.88 Å². The molecule has 176 valence electrons. The maximum absolute atomic E-state index is 13.4. The molecule has 0 unspecified atom stereocenters. The molecule has 1 aromatic carbocycles. The van der Waals surface area contributed by atoms with Gasteiger partial charge in [0, 0.05) is 31.2 Å². The zero-order valence-corrected chi connectivity index (χ0v) is 21.3. The van der Waals surface area contributed by atoms with E-state index in [0.29, 0.717) is 54.1 Å². The Bertz CT molecular complexity index is 1020. The largest absolute Gasteiger partial charge is 0.395 e. The number of anilines is 3. The highest BCUT2D eigenvalue weighted by molar-refractivity contribution is 14.1. The summed E-state index contributed by atoms with van der Waals surface area (Å²) in [6.45, 7) is 1.27. The topological polar surface area (TPSA) is 119 Å². The second-order valence-corrected chi connectivity index (χ2v) is 8.66. The van der Waals surface area contributed by atoms with Gasteiger partial charge in [0.2, 0.25) is 5.78 Å². The third-order valence-corrected chi connectivity index (χ3v) is 6.18. The van der Waals surface area contributed by atoms with Gasteiger partial charge in [-0.05, 0) is 59.1 Å². The number of rotatable bonds is 7. The molecule has 2 aromatic rings. The Morgan fingerprint density at radius 3 is 2.55 bits per heavy atom. The number of nitrogens with one attached hydrogen (secondary N) is 3. The van der Waals surface area contributed by atoms with Gasteiger partial charge in [0.15, 0.2) is 5.84 Å². The van der Waals surface area contributed by atoms with Crippen LogP contribution in [0.15, 0.2) is 44.2 Å². The van der Waals surface area contributed by atoms with E-state index in [1.54, 1.807) is 46.0 Å². The van der Waals surface area contributed by atoms with Crippen LogP contribution >= 0.6 is 38.8 Å².